The fraction of sp³-hybridized carbons (Fsp3) is 0.583. The summed E-state index contributed by atoms with van der Waals surface area (Å²) in [6, 6.07) is 1.32. The van der Waals surface area contributed by atoms with Gasteiger partial charge in [0.1, 0.15) is 0 Å². The minimum absolute atomic E-state index is 0.332. The molecule has 0 spiro atoms. The van der Waals surface area contributed by atoms with Gasteiger partial charge in [-0.05, 0) is 19.0 Å². The van der Waals surface area contributed by atoms with Crippen molar-refractivity contribution in [3.05, 3.63) is 23.1 Å². The van der Waals surface area contributed by atoms with Crippen LogP contribution in [0.3, 0.4) is 0 Å². The highest BCUT2D eigenvalue weighted by atomic mass is 35.5. The van der Waals surface area contributed by atoms with E-state index in [1.807, 2.05) is 4.90 Å². The summed E-state index contributed by atoms with van der Waals surface area (Å²) >= 11 is 5.69. The Morgan fingerprint density at radius 1 is 1.35 bits per heavy atom. The Labute approximate surface area is 106 Å². The zero-order valence-corrected chi connectivity index (χ0v) is 10.8. The molecule has 2 rings (SSSR count). The maximum Gasteiger partial charge on any atom is 0.167 e. The summed E-state index contributed by atoms with van der Waals surface area (Å²) in [6.07, 6.45) is 2.66. The van der Waals surface area contributed by atoms with Crippen molar-refractivity contribution >= 4 is 17.4 Å². The summed E-state index contributed by atoms with van der Waals surface area (Å²) < 4.78 is 13.7. The summed E-state index contributed by atoms with van der Waals surface area (Å²) in [4.78, 5) is 8.45. The SMILES string of the molecule is CCCN1CCN(c2ncc(Cl)cc2F)CC1. The van der Waals surface area contributed by atoms with E-state index in [1.54, 1.807) is 0 Å². The molecule has 1 aliphatic heterocycles. The average molecular weight is 258 g/mol. The highest BCUT2D eigenvalue weighted by molar-refractivity contribution is 6.30. The van der Waals surface area contributed by atoms with Crippen LogP contribution in [0.5, 0.6) is 0 Å². The first-order valence-electron chi connectivity index (χ1n) is 5.99. The average Bonchev–Trinajstić information content (AvgIpc) is 2.31. The lowest BCUT2D eigenvalue weighted by molar-refractivity contribution is 0.257. The van der Waals surface area contributed by atoms with Crippen LogP contribution in [0.25, 0.3) is 0 Å². The van der Waals surface area contributed by atoms with Gasteiger partial charge in [-0.3, -0.25) is 4.90 Å². The van der Waals surface area contributed by atoms with Crippen molar-refractivity contribution < 1.29 is 4.39 Å². The number of piperazine rings is 1. The van der Waals surface area contributed by atoms with Crippen LogP contribution in [0.2, 0.25) is 5.02 Å². The van der Waals surface area contributed by atoms with Crippen molar-refractivity contribution in [1.29, 1.82) is 0 Å². The summed E-state index contributed by atoms with van der Waals surface area (Å²) in [5, 5.41) is 0.343. The van der Waals surface area contributed by atoms with Gasteiger partial charge in [-0.2, -0.15) is 0 Å². The number of hydrogen-bond acceptors (Lipinski definition) is 3. The molecule has 3 nitrogen and oxygen atoms in total. The Morgan fingerprint density at radius 3 is 2.65 bits per heavy atom. The van der Waals surface area contributed by atoms with Gasteiger partial charge < -0.3 is 4.90 Å². The van der Waals surface area contributed by atoms with Gasteiger partial charge in [0.25, 0.3) is 0 Å². The van der Waals surface area contributed by atoms with Crippen LogP contribution < -0.4 is 4.90 Å². The standard InChI is InChI=1S/C12H17ClFN3/c1-2-3-16-4-6-17(7-5-16)12-11(14)8-10(13)9-15-12/h8-9H,2-7H2,1H3. The first-order valence-corrected chi connectivity index (χ1v) is 6.37. The Bertz CT molecular complexity index is 378. The van der Waals surface area contributed by atoms with Crippen molar-refractivity contribution in [1.82, 2.24) is 9.88 Å². The Kier molecular flexibility index (Phi) is 4.18. The lowest BCUT2D eigenvalue weighted by atomic mass is 10.3. The molecule has 0 N–H and O–H groups in total. The van der Waals surface area contributed by atoms with E-state index in [0.29, 0.717) is 10.8 Å². The van der Waals surface area contributed by atoms with Crippen LogP contribution >= 0.6 is 11.6 Å². The molecule has 1 saturated heterocycles. The van der Waals surface area contributed by atoms with Crippen molar-refractivity contribution in [2.45, 2.75) is 13.3 Å². The topological polar surface area (TPSA) is 19.4 Å². The van der Waals surface area contributed by atoms with Crippen LogP contribution in [0.15, 0.2) is 12.3 Å². The zero-order valence-electron chi connectivity index (χ0n) is 9.99. The van der Waals surface area contributed by atoms with Gasteiger partial charge in [0.05, 0.1) is 5.02 Å². The number of halogens is 2. The lowest BCUT2D eigenvalue weighted by Gasteiger charge is -2.35. The van der Waals surface area contributed by atoms with E-state index in [-0.39, 0.29) is 5.82 Å². The second-order valence-electron chi connectivity index (χ2n) is 4.29. The predicted octanol–water partition coefficient (Wildman–Crippen LogP) is 2.41. The third-order valence-corrected chi connectivity index (χ3v) is 3.21. The first-order chi connectivity index (χ1) is 8.20. The molecule has 2 heterocycles. The molecule has 94 valence electrons. The smallest absolute Gasteiger partial charge is 0.167 e. The molecule has 0 saturated carbocycles. The maximum absolute atomic E-state index is 13.7. The first kappa shape index (κ1) is 12.6. The molecule has 5 heteroatoms. The molecule has 0 amide bonds. The molecule has 0 aromatic carbocycles. The number of pyridine rings is 1. The normalized spacial score (nSPS) is 17.5. The number of rotatable bonds is 3. The molecule has 1 aliphatic rings. The molecule has 0 bridgehead atoms. The number of nitrogens with zero attached hydrogens (tertiary/aromatic N) is 3. The monoisotopic (exact) mass is 257 g/mol. The Morgan fingerprint density at radius 2 is 2.06 bits per heavy atom. The van der Waals surface area contributed by atoms with Crippen LogP contribution in [-0.2, 0) is 0 Å². The van der Waals surface area contributed by atoms with Crippen molar-refractivity contribution in [3.63, 3.8) is 0 Å². The molecule has 0 aliphatic carbocycles. The van der Waals surface area contributed by atoms with E-state index < -0.39 is 0 Å². The number of anilines is 1. The highest BCUT2D eigenvalue weighted by Crippen LogP contribution is 2.20. The maximum atomic E-state index is 13.7. The van der Waals surface area contributed by atoms with E-state index in [0.717, 1.165) is 39.1 Å². The zero-order chi connectivity index (χ0) is 12.3. The molecular formula is C12H17ClFN3. The lowest BCUT2D eigenvalue weighted by Crippen LogP contribution is -2.47. The van der Waals surface area contributed by atoms with Gasteiger partial charge in [-0.15, -0.1) is 0 Å². The molecule has 17 heavy (non-hydrogen) atoms. The van der Waals surface area contributed by atoms with E-state index in [1.165, 1.54) is 12.3 Å². The minimum Gasteiger partial charge on any atom is -0.352 e. The summed E-state index contributed by atoms with van der Waals surface area (Å²) in [5.74, 6) is 0.0898. The van der Waals surface area contributed by atoms with Gasteiger partial charge in [-0.1, -0.05) is 18.5 Å². The largest absolute Gasteiger partial charge is 0.352 e. The molecule has 1 aromatic rings. The van der Waals surface area contributed by atoms with Gasteiger partial charge in [0, 0.05) is 32.4 Å². The minimum atomic E-state index is -0.332. The van der Waals surface area contributed by atoms with Crippen molar-refractivity contribution in [2.24, 2.45) is 0 Å². The van der Waals surface area contributed by atoms with Gasteiger partial charge in [0.15, 0.2) is 11.6 Å². The van der Waals surface area contributed by atoms with Crippen LogP contribution in [0.4, 0.5) is 10.2 Å². The van der Waals surface area contributed by atoms with Crippen molar-refractivity contribution in [3.8, 4) is 0 Å². The van der Waals surface area contributed by atoms with E-state index in [2.05, 4.69) is 16.8 Å². The quantitative estimate of drug-likeness (QED) is 0.829. The Hall–Kier alpha value is -0.870. The second-order valence-corrected chi connectivity index (χ2v) is 4.72. The molecule has 1 aromatic heterocycles. The van der Waals surface area contributed by atoms with E-state index in [4.69, 9.17) is 11.6 Å². The van der Waals surface area contributed by atoms with Gasteiger partial charge in [0.2, 0.25) is 0 Å². The molecule has 0 radical (unpaired) electrons. The summed E-state index contributed by atoms with van der Waals surface area (Å²) in [5.41, 5.74) is 0. The van der Waals surface area contributed by atoms with Crippen LogP contribution in [0, 0.1) is 5.82 Å². The fourth-order valence-electron chi connectivity index (χ4n) is 2.14. The molecule has 1 fully saturated rings. The van der Waals surface area contributed by atoms with E-state index in [9.17, 15) is 4.39 Å². The number of aromatic nitrogens is 1. The Balaban J connectivity index is 2.00. The van der Waals surface area contributed by atoms with Gasteiger partial charge in [-0.25, -0.2) is 9.37 Å². The van der Waals surface area contributed by atoms with Gasteiger partial charge >= 0.3 is 0 Å². The molecule has 0 unspecified atom stereocenters. The summed E-state index contributed by atoms with van der Waals surface area (Å²) in [7, 11) is 0. The van der Waals surface area contributed by atoms with Crippen LogP contribution in [0.1, 0.15) is 13.3 Å². The molecule has 0 atom stereocenters. The summed E-state index contributed by atoms with van der Waals surface area (Å²) in [6.45, 7) is 6.88. The fourth-order valence-corrected chi connectivity index (χ4v) is 2.28. The highest BCUT2D eigenvalue weighted by Gasteiger charge is 2.19. The molecular weight excluding hydrogens is 241 g/mol. The predicted molar refractivity (Wildman–Crippen MR) is 68.1 cm³/mol. The van der Waals surface area contributed by atoms with Crippen LogP contribution in [-0.4, -0.2) is 42.6 Å². The second kappa shape index (κ2) is 5.65. The number of hydrogen-bond donors (Lipinski definition) is 0. The van der Waals surface area contributed by atoms with Crippen molar-refractivity contribution in [2.75, 3.05) is 37.6 Å². The third kappa shape index (κ3) is 3.07. The van der Waals surface area contributed by atoms with E-state index >= 15 is 0 Å². The third-order valence-electron chi connectivity index (χ3n) is 3.00.